The van der Waals surface area contributed by atoms with E-state index in [9.17, 15) is 8.42 Å². The van der Waals surface area contributed by atoms with E-state index in [1.54, 1.807) is 17.5 Å². The second-order valence-electron chi connectivity index (χ2n) is 5.67. The highest BCUT2D eigenvalue weighted by molar-refractivity contribution is 7.89. The van der Waals surface area contributed by atoms with Crippen molar-refractivity contribution in [3.63, 3.8) is 0 Å². The highest BCUT2D eigenvalue weighted by Gasteiger charge is 2.30. The van der Waals surface area contributed by atoms with Gasteiger partial charge in [0.15, 0.2) is 0 Å². The predicted molar refractivity (Wildman–Crippen MR) is 77.9 cm³/mol. The Hall–Kier alpha value is -0.920. The first-order valence-corrected chi connectivity index (χ1v) is 8.59. The van der Waals surface area contributed by atoms with Crippen molar-refractivity contribution in [2.24, 2.45) is 7.05 Å². The molecular weight excluding hydrogens is 276 g/mol. The summed E-state index contributed by atoms with van der Waals surface area (Å²) in [5, 5.41) is 7.37. The Morgan fingerprint density at radius 2 is 2.25 bits per heavy atom. The number of aryl methyl sites for hydroxylation is 1. The number of rotatable bonds is 5. The average molecular weight is 300 g/mol. The number of hydrogen-bond acceptors (Lipinski definition) is 4. The van der Waals surface area contributed by atoms with E-state index in [1.807, 2.05) is 13.8 Å². The molecule has 1 N–H and O–H groups in total. The lowest BCUT2D eigenvalue weighted by Gasteiger charge is -2.32. The molecule has 0 aliphatic carbocycles. The number of aromatic nitrogens is 2. The third-order valence-corrected chi connectivity index (χ3v) is 5.67. The van der Waals surface area contributed by atoms with E-state index in [2.05, 4.69) is 10.4 Å². The summed E-state index contributed by atoms with van der Waals surface area (Å²) in [6.07, 6.45) is 6.34. The van der Waals surface area contributed by atoms with Crippen LogP contribution in [-0.2, 0) is 17.1 Å². The SMILES string of the molecule is CC(C)N(CC1CCCCN1)S(=O)(=O)c1cnn(C)c1. The molecule has 2 heterocycles. The van der Waals surface area contributed by atoms with E-state index in [0.717, 1.165) is 19.4 Å². The van der Waals surface area contributed by atoms with Crippen LogP contribution in [0.2, 0.25) is 0 Å². The van der Waals surface area contributed by atoms with E-state index in [4.69, 9.17) is 0 Å². The molecule has 0 bridgehead atoms. The number of nitrogens with zero attached hydrogens (tertiary/aromatic N) is 3. The molecule has 1 unspecified atom stereocenters. The molecule has 1 atom stereocenters. The van der Waals surface area contributed by atoms with Gasteiger partial charge in [-0.1, -0.05) is 6.42 Å². The standard InChI is InChI=1S/C13H24N4O2S/c1-11(2)17(9-12-6-4-5-7-14-12)20(18,19)13-8-15-16(3)10-13/h8,10-12,14H,4-7,9H2,1-3H3. The van der Waals surface area contributed by atoms with Gasteiger partial charge in [0, 0.05) is 31.9 Å². The molecule has 1 fully saturated rings. The molecule has 1 aromatic heterocycles. The number of piperidine rings is 1. The monoisotopic (exact) mass is 300 g/mol. The molecule has 1 aliphatic rings. The molecule has 1 saturated heterocycles. The zero-order chi connectivity index (χ0) is 14.8. The Bertz CT molecular complexity index is 532. The van der Waals surface area contributed by atoms with Gasteiger partial charge in [0.1, 0.15) is 4.90 Å². The summed E-state index contributed by atoms with van der Waals surface area (Å²) in [5.41, 5.74) is 0. The van der Waals surface area contributed by atoms with Gasteiger partial charge in [0.2, 0.25) is 10.0 Å². The first kappa shape index (κ1) is 15.5. The summed E-state index contributed by atoms with van der Waals surface area (Å²) in [6.45, 7) is 5.33. The second-order valence-corrected chi connectivity index (χ2v) is 7.56. The van der Waals surface area contributed by atoms with Crippen LogP contribution >= 0.6 is 0 Å². The first-order chi connectivity index (χ1) is 9.41. The van der Waals surface area contributed by atoms with Crippen molar-refractivity contribution < 1.29 is 8.42 Å². The van der Waals surface area contributed by atoms with Crippen molar-refractivity contribution in [3.05, 3.63) is 12.4 Å². The predicted octanol–water partition coefficient (Wildman–Crippen LogP) is 0.961. The van der Waals surface area contributed by atoms with Crippen LogP contribution in [0.1, 0.15) is 33.1 Å². The summed E-state index contributed by atoms with van der Waals surface area (Å²) in [4.78, 5) is 0.268. The molecule has 0 saturated carbocycles. The zero-order valence-electron chi connectivity index (χ0n) is 12.4. The fourth-order valence-electron chi connectivity index (χ4n) is 2.55. The average Bonchev–Trinajstić information content (AvgIpc) is 2.84. The molecule has 0 spiro atoms. The van der Waals surface area contributed by atoms with Crippen molar-refractivity contribution in [2.75, 3.05) is 13.1 Å². The first-order valence-electron chi connectivity index (χ1n) is 7.15. The van der Waals surface area contributed by atoms with E-state index in [0.29, 0.717) is 6.54 Å². The third-order valence-electron chi connectivity index (χ3n) is 3.68. The highest BCUT2D eigenvalue weighted by Crippen LogP contribution is 2.19. The molecule has 0 radical (unpaired) electrons. The zero-order valence-corrected chi connectivity index (χ0v) is 13.2. The van der Waals surface area contributed by atoms with E-state index in [-0.39, 0.29) is 17.0 Å². The molecule has 2 rings (SSSR count). The molecule has 20 heavy (non-hydrogen) atoms. The quantitative estimate of drug-likeness (QED) is 0.879. The van der Waals surface area contributed by atoms with Gasteiger partial charge in [0.05, 0.1) is 6.20 Å². The largest absolute Gasteiger partial charge is 0.313 e. The van der Waals surface area contributed by atoms with Gasteiger partial charge in [0.25, 0.3) is 0 Å². The lowest BCUT2D eigenvalue weighted by molar-refractivity contribution is 0.282. The van der Waals surface area contributed by atoms with Gasteiger partial charge in [-0.2, -0.15) is 9.40 Å². The van der Waals surface area contributed by atoms with Crippen LogP contribution in [0.5, 0.6) is 0 Å². The number of sulfonamides is 1. The van der Waals surface area contributed by atoms with Crippen LogP contribution in [0, 0.1) is 0 Å². The lowest BCUT2D eigenvalue weighted by atomic mass is 10.1. The van der Waals surface area contributed by atoms with Gasteiger partial charge >= 0.3 is 0 Å². The van der Waals surface area contributed by atoms with Crippen LogP contribution in [0.4, 0.5) is 0 Å². The Morgan fingerprint density at radius 3 is 2.75 bits per heavy atom. The van der Waals surface area contributed by atoms with Crippen LogP contribution in [0.15, 0.2) is 17.3 Å². The summed E-state index contributed by atoms with van der Waals surface area (Å²) in [6, 6.07) is 0.182. The molecule has 7 heteroatoms. The second kappa shape index (κ2) is 6.24. The van der Waals surface area contributed by atoms with Gasteiger partial charge in [-0.25, -0.2) is 8.42 Å². The molecule has 114 valence electrons. The van der Waals surface area contributed by atoms with Crippen molar-refractivity contribution in [3.8, 4) is 0 Å². The molecular formula is C13H24N4O2S. The maximum atomic E-state index is 12.7. The van der Waals surface area contributed by atoms with Crippen LogP contribution in [0.3, 0.4) is 0 Å². The van der Waals surface area contributed by atoms with Gasteiger partial charge in [-0.3, -0.25) is 4.68 Å². The number of nitrogens with one attached hydrogen (secondary N) is 1. The summed E-state index contributed by atoms with van der Waals surface area (Å²) < 4.78 is 28.5. The fourth-order valence-corrected chi connectivity index (χ4v) is 4.22. The molecule has 6 nitrogen and oxygen atoms in total. The maximum Gasteiger partial charge on any atom is 0.246 e. The summed E-state index contributed by atoms with van der Waals surface area (Å²) in [5.74, 6) is 0. The van der Waals surface area contributed by atoms with E-state index < -0.39 is 10.0 Å². The van der Waals surface area contributed by atoms with Crippen molar-refractivity contribution in [1.29, 1.82) is 0 Å². The van der Waals surface area contributed by atoms with E-state index >= 15 is 0 Å². The minimum Gasteiger partial charge on any atom is -0.313 e. The normalized spacial score (nSPS) is 20.8. The Morgan fingerprint density at radius 1 is 1.50 bits per heavy atom. The van der Waals surface area contributed by atoms with Gasteiger partial charge in [-0.15, -0.1) is 0 Å². The lowest BCUT2D eigenvalue weighted by Crippen LogP contribution is -2.48. The van der Waals surface area contributed by atoms with Crippen molar-refractivity contribution in [2.45, 2.75) is 50.1 Å². The topological polar surface area (TPSA) is 67.2 Å². The smallest absolute Gasteiger partial charge is 0.246 e. The Balaban J connectivity index is 2.19. The molecule has 0 aromatic carbocycles. The highest BCUT2D eigenvalue weighted by atomic mass is 32.2. The van der Waals surface area contributed by atoms with E-state index in [1.165, 1.54) is 17.3 Å². The van der Waals surface area contributed by atoms with Crippen LogP contribution in [-0.4, -0.2) is 47.7 Å². The maximum absolute atomic E-state index is 12.7. The van der Waals surface area contributed by atoms with Gasteiger partial charge < -0.3 is 5.32 Å². The Kier molecular flexibility index (Phi) is 4.82. The summed E-state index contributed by atoms with van der Waals surface area (Å²) in [7, 11) is -1.75. The van der Waals surface area contributed by atoms with Crippen LogP contribution in [0.25, 0.3) is 0 Å². The third kappa shape index (κ3) is 3.39. The minimum absolute atomic E-state index is 0.0658. The van der Waals surface area contributed by atoms with Gasteiger partial charge in [-0.05, 0) is 33.2 Å². The molecule has 0 amide bonds. The summed E-state index contributed by atoms with van der Waals surface area (Å²) >= 11 is 0. The molecule has 1 aliphatic heterocycles. The van der Waals surface area contributed by atoms with Crippen molar-refractivity contribution in [1.82, 2.24) is 19.4 Å². The van der Waals surface area contributed by atoms with Crippen LogP contribution < -0.4 is 5.32 Å². The fraction of sp³-hybridized carbons (Fsp3) is 0.769. The Labute approximate surface area is 121 Å². The molecule has 1 aromatic rings. The number of hydrogen-bond donors (Lipinski definition) is 1. The minimum atomic E-state index is -3.47. The van der Waals surface area contributed by atoms with Crippen molar-refractivity contribution >= 4 is 10.0 Å².